The van der Waals surface area contributed by atoms with Crippen LogP contribution in [0.4, 0.5) is 0 Å². The van der Waals surface area contributed by atoms with Gasteiger partial charge in [0.25, 0.3) is 0 Å². The molecule has 16 heavy (non-hydrogen) atoms. The van der Waals surface area contributed by atoms with Crippen molar-refractivity contribution in [3.05, 3.63) is 24.3 Å². The average molecular weight is 239 g/mol. The van der Waals surface area contributed by atoms with E-state index in [-0.39, 0.29) is 0 Å². The van der Waals surface area contributed by atoms with Crippen LogP contribution >= 0.6 is 0 Å². The maximum absolute atomic E-state index is 5.58. The molecule has 3 heteroatoms. The summed E-state index contributed by atoms with van der Waals surface area (Å²) in [6.45, 7) is 4.76. The summed E-state index contributed by atoms with van der Waals surface area (Å²) in [6.07, 6.45) is 1.06. The highest BCUT2D eigenvalue weighted by molar-refractivity contribution is 7.97. The molecule has 0 amide bonds. The molecule has 1 aromatic rings. The molecule has 1 fully saturated rings. The molecule has 0 atom stereocenters. The molecule has 0 N–H and O–H groups in total. The lowest BCUT2D eigenvalue weighted by Crippen LogP contribution is -2.26. The Balaban J connectivity index is 1.95. The van der Waals surface area contributed by atoms with E-state index < -0.39 is 0 Å². The van der Waals surface area contributed by atoms with Crippen molar-refractivity contribution in [2.24, 2.45) is 0 Å². The Bertz CT molecular complexity index is 304. The van der Waals surface area contributed by atoms with Gasteiger partial charge in [0.05, 0.1) is 19.8 Å². The van der Waals surface area contributed by atoms with Crippen LogP contribution in [0.2, 0.25) is 0 Å². The molecular formula is C13H19O2S+. The third-order valence-corrected chi connectivity index (χ3v) is 4.84. The predicted molar refractivity (Wildman–Crippen MR) is 68.4 cm³/mol. The van der Waals surface area contributed by atoms with Crippen LogP contribution in [0, 0.1) is 0 Å². The SMILES string of the molecule is CCCOc1ccc([S+]2CCOCC2)cc1. The number of hydrogen-bond donors (Lipinski definition) is 0. The molecule has 0 aliphatic carbocycles. The highest BCUT2D eigenvalue weighted by Gasteiger charge is 2.24. The summed E-state index contributed by atoms with van der Waals surface area (Å²) in [6, 6.07) is 8.60. The molecule has 0 unspecified atom stereocenters. The van der Waals surface area contributed by atoms with Crippen LogP contribution in [0.1, 0.15) is 13.3 Å². The second kappa shape index (κ2) is 6.16. The molecule has 1 aromatic carbocycles. The van der Waals surface area contributed by atoms with Crippen molar-refractivity contribution in [1.82, 2.24) is 0 Å². The molecule has 0 aromatic heterocycles. The van der Waals surface area contributed by atoms with E-state index in [0.29, 0.717) is 10.9 Å². The van der Waals surface area contributed by atoms with Gasteiger partial charge in [0.15, 0.2) is 4.90 Å². The summed E-state index contributed by atoms with van der Waals surface area (Å²) in [5.41, 5.74) is 0. The molecule has 1 heterocycles. The molecule has 1 aliphatic heterocycles. The number of hydrogen-bond acceptors (Lipinski definition) is 2. The largest absolute Gasteiger partial charge is 0.494 e. The summed E-state index contributed by atoms with van der Waals surface area (Å²) in [7, 11) is 0.397. The maximum Gasteiger partial charge on any atom is 0.155 e. The van der Waals surface area contributed by atoms with E-state index in [1.54, 1.807) is 0 Å². The van der Waals surface area contributed by atoms with Gasteiger partial charge in [-0.15, -0.1) is 0 Å². The second-order valence-electron chi connectivity index (χ2n) is 3.83. The third-order valence-electron chi connectivity index (χ3n) is 2.58. The fourth-order valence-corrected chi connectivity index (χ4v) is 3.54. The van der Waals surface area contributed by atoms with Crippen LogP contribution in [0.15, 0.2) is 29.2 Å². The van der Waals surface area contributed by atoms with Crippen molar-refractivity contribution in [2.75, 3.05) is 31.3 Å². The van der Waals surface area contributed by atoms with Gasteiger partial charge in [0, 0.05) is 10.9 Å². The van der Waals surface area contributed by atoms with Gasteiger partial charge in [0.2, 0.25) is 0 Å². The summed E-state index contributed by atoms with van der Waals surface area (Å²) in [5, 5.41) is 0. The summed E-state index contributed by atoms with van der Waals surface area (Å²) in [5.74, 6) is 3.34. The molecule has 1 saturated heterocycles. The van der Waals surface area contributed by atoms with Gasteiger partial charge in [-0.3, -0.25) is 0 Å². The van der Waals surface area contributed by atoms with E-state index in [9.17, 15) is 0 Å². The fourth-order valence-electron chi connectivity index (χ4n) is 1.71. The summed E-state index contributed by atoms with van der Waals surface area (Å²) >= 11 is 0. The molecule has 0 saturated carbocycles. The molecule has 88 valence electrons. The van der Waals surface area contributed by atoms with Crippen molar-refractivity contribution >= 4 is 10.9 Å². The molecule has 0 spiro atoms. The van der Waals surface area contributed by atoms with Crippen molar-refractivity contribution in [3.8, 4) is 5.75 Å². The second-order valence-corrected chi connectivity index (χ2v) is 6.11. The van der Waals surface area contributed by atoms with Crippen LogP contribution in [0.5, 0.6) is 5.75 Å². The minimum Gasteiger partial charge on any atom is -0.494 e. The lowest BCUT2D eigenvalue weighted by molar-refractivity contribution is 0.159. The topological polar surface area (TPSA) is 18.5 Å². The van der Waals surface area contributed by atoms with Crippen LogP contribution in [-0.4, -0.2) is 31.3 Å². The van der Waals surface area contributed by atoms with Crippen molar-refractivity contribution in [3.63, 3.8) is 0 Å². The first-order valence-electron chi connectivity index (χ1n) is 5.88. The number of ether oxygens (including phenoxy) is 2. The highest BCUT2D eigenvalue weighted by atomic mass is 32.2. The van der Waals surface area contributed by atoms with Crippen molar-refractivity contribution < 1.29 is 9.47 Å². The minimum atomic E-state index is 0.397. The minimum absolute atomic E-state index is 0.397. The predicted octanol–water partition coefficient (Wildman–Crippen LogP) is 2.48. The molecule has 2 nitrogen and oxygen atoms in total. The third kappa shape index (κ3) is 3.16. The number of benzene rings is 1. The van der Waals surface area contributed by atoms with Gasteiger partial charge in [-0.1, -0.05) is 6.92 Å². The van der Waals surface area contributed by atoms with E-state index in [0.717, 1.165) is 32.0 Å². The number of rotatable bonds is 4. The van der Waals surface area contributed by atoms with Gasteiger partial charge in [-0.05, 0) is 30.7 Å². The first-order valence-corrected chi connectivity index (χ1v) is 7.44. The zero-order valence-electron chi connectivity index (χ0n) is 9.78. The Labute approximate surface area is 100 Å². The zero-order valence-corrected chi connectivity index (χ0v) is 10.6. The zero-order chi connectivity index (χ0) is 11.2. The highest BCUT2D eigenvalue weighted by Crippen LogP contribution is 2.20. The van der Waals surface area contributed by atoms with E-state index in [1.165, 1.54) is 16.4 Å². The smallest absolute Gasteiger partial charge is 0.155 e. The van der Waals surface area contributed by atoms with Crippen molar-refractivity contribution in [2.45, 2.75) is 18.2 Å². The Morgan fingerprint density at radius 3 is 2.50 bits per heavy atom. The maximum atomic E-state index is 5.58. The quantitative estimate of drug-likeness (QED) is 0.752. The molecule has 2 rings (SSSR count). The van der Waals surface area contributed by atoms with E-state index in [4.69, 9.17) is 9.47 Å². The lowest BCUT2D eigenvalue weighted by atomic mass is 10.3. The first-order chi connectivity index (χ1) is 7.90. The van der Waals surface area contributed by atoms with Crippen LogP contribution in [0.3, 0.4) is 0 Å². The van der Waals surface area contributed by atoms with Gasteiger partial charge >= 0.3 is 0 Å². The van der Waals surface area contributed by atoms with Gasteiger partial charge in [0.1, 0.15) is 17.3 Å². The Morgan fingerprint density at radius 1 is 1.19 bits per heavy atom. The average Bonchev–Trinajstić information content (AvgIpc) is 2.38. The Kier molecular flexibility index (Phi) is 4.55. The van der Waals surface area contributed by atoms with E-state index in [2.05, 4.69) is 31.2 Å². The summed E-state index contributed by atoms with van der Waals surface area (Å²) in [4.78, 5) is 1.45. The normalized spacial score (nSPS) is 17.3. The van der Waals surface area contributed by atoms with Crippen LogP contribution in [-0.2, 0) is 15.6 Å². The monoisotopic (exact) mass is 239 g/mol. The van der Waals surface area contributed by atoms with Crippen molar-refractivity contribution in [1.29, 1.82) is 0 Å². The van der Waals surface area contributed by atoms with E-state index in [1.807, 2.05) is 0 Å². The van der Waals surface area contributed by atoms with Crippen LogP contribution < -0.4 is 4.74 Å². The van der Waals surface area contributed by atoms with Gasteiger partial charge in [-0.2, -0.15) is 0 Å². The molecule has 0 radical (unpaired) electrons. The standard InChI is InChI=1S/C13H19O2S/c1-2-7-15-12-3-5-13(6-4-12)16-10-8-14-9-11-16/h3-6H,2,7-11H2,1H3/q+1. The molecule has 0 bridgehead atoms. The fraction of sp³-hybridized carbons (Fsp3) is 0.538. The molecular weight excluding hydrogens is 220 g/mol. The first kappa shape index (κ1) is 11.8. The van der Waals surface area contributed by atoms with Crippen LogP contribution in [0.25, 0.3) is 0 Å². The Hall–Kier alpha value is -0.670. The summed E-state index contributed by atoms with van der Waals surface area (Å²) < 4.78 is 11.0. The van der Waals surface area contributed by atoms with E-state index >= 15 is 0 Å². The Morgan fingerprint density at radius 2 is 1.88 bits per heavy atom. The lowest BCUT2D eigenvalue weighted by Gasteiger charge is -2.14. The molecule has 1 aliphatic rings. The van der Waals surface area contributed by atoms with Gasteiger partial charge in [-0.25, -0.2) is 0 Å². The van der Waals surface area contributed by atoms with Gasteiger partial charge < -0.3 is 9.47 Å².